The largest absolute Gasteiger partial charge is 0.488 e. The van der Waals surface area contributed by atoms with Gasteiger partial charge in [-0.2, -0.15) is 4.31 Å². The summed E-state index contributed by atoms with van der Waals surface area (Å²) in [5.41, 5.74) is 0.818. The van der Waals surface area contributed by atoms with Crippen molar-refractivity contribution in [2.45, 2.75) is 11.0 Å². The Morgan fingerprint density at radius 3 is 2.67 bits per heavy atom. The van der Waals surface area contributed by atoms with Crippen LogP contribution in [0.2, 0.25) is 0 Å². The molecule has 8 heteroatoms. The molecule has 21 heavy (non-hydrogen) atoms. The van der Waals surface area contributed by atoms with Crippen LogP contribution in [0, 0.1) is 0 Å². The van der Waals surface area contributed by atoms with E-state index in [-0.39, 0.29) is 6.10 Å². The maximum Gasteiger partial charge on any atom is 0.488 e. The number of rotatable bonds is 3. The first-order chi connectivity index (χ1) is 10.1. The fourth-order valence-electron chi connectivity index (χ4n) is 2.50. The molecule has 2 saturated heterocycles. The fraction of sp³-hybridized carbons (Fsp3) is 0.538. The molecule has 0 aromatic heterocycles. The normalized spacial score (nSPS) is 24.9. The van der Waals surface area contributed by atoms with Gasteiger partial charge in [0.15, 0.2) is 0 Å². The number of hydrogen-bond acceptors (Lipinski definition) is 5. The van der Waals surface area contributed by atoms with Crippen molar-refractivity contribution < 1.29 is 17.7 Å². The van der Waals surface area contributed by atoms with Crippen LogP contribution in [0.25, 0.3) is 0 Å². The molecule has 0 saturated carbocycles. The van der Waals surface area contributed by atoms with E-state index in [0.717, 1.165) is 18.7 Å². The highest BCUT2D eigenvalue weighted by Crippen LogP contribution is 2.25. The van der Waals surface area contributed by atoms with Crippen LogP contribution in [0.3, 0.4) is 0 Å². The van der Waals surface area contributed by atoms with Crippen molar-refractivity contribution in [1.82, 2.24) is 9.21 Å². The molecule has 1 unspecified atom stereocenters. The topological polar surface area (TPSA) is 59.1 Å². The predicted octanol–water partition coefficient (Wildman–Crippen LogP) is 0.245. The maximum atomic E-state index is 12.7. The van der Waals surface area contributed by atoms with Crippen molar-refractivity contribution in [2.75, 3.05) is 39.8 Å². The Hall–Kier alpha value is -0.925. The van der Waals surface area contributed by atoms with Crippen LogP contribution in [-0.2, 0) is 19.3 Å². The molecule has 2 heterocycles. The summed E-state index contributed by atoms with van der Waals surface area (Å²) in [7, 11) is -0.141. The van der Waals surface area contributed by atoms with E-state index in [0.29, 0.717) is 24.6 Å². The zero-order valence-electron chi connectivity index (χ0n) is 11.9. The van der Waals surface area contributed by atoms with E-state index in [1.54, 1.807) is 22.5 Å². The van der Waals surface area contributed by atoms with E-state index in [4.69, 9.17) is 9.31 Å². The summed E-state index contributed by atoms with van der Waals surface area (Å²) in [6, 6.07) is 6.92. The third kappa shape index (κ3) is 3.14. The Bertz CT molecular complexity index is 596. The van der Waals surface area contributed by atoms with E-state index in [1.807, 2.05) is 13.1 Å². The molecular weight excluding hydrogens is 291 g/mol. The number of piperazine rings is 1. The van der Waals surface area contributed by atoms with Crippen molar-refractivity contribution in [3.63, 3.8) is 0 Å². The number of hydrogen-bond donors (Lipinski definition) is 0. The van der Waals surface area contributed by atoms with Crippen molar-refractivity contribution in [3.05, 3.63) is 29.8 Å². The molecule has 2 aliphatic heterocycles. The lowest BCUT2D eigenvalue weighted by atomic mass is 10.1. The van der Waals surface area contributed by atoms with Crippen LogP contribution in [0.5, 0.6) is 0 Å². The Balaban J connectivity index is 1.83. The summed E-state index contributed by atoms with van der Waals surface area (Å²) >= 11 is 0. The van der Waals surface area contributed by atoms with Gasteiger partial charge in [0.05, 0.1) is 17.6 Å². The lowest BCUT2D eigenvalue weighted by molar-refractivity contribution is 0.222. The molecular formula is C13H18BN2O4S. The Kier molecular flexibility index (Phi) is 4.32. The highest BCUT2D eigenvalue weighted by Gasteiger charge is 2.28. The van der Waals surface area contributed by atoms with Gasteiger partial charge in [0.2, 0.25) is 10.0 Å². The molecule has 1 radical (unpaired) electrons. The van der Waals surface area contributed by atoms with Crippen molar-refractivity contribution in [2.24, 2.45) is 0 Å². The first-order valence-corrected chi connectivity index (χ1v) is 8.39. The molecule has 1 atom stereocenters. The lowest BCUT2D eigenvalue weighted by Gasteiger charge is -2.31. The number of benzene rings is 1. The number of likely N-dealkylation sites (N-methyl/N-ethyl adjacent to an activating group) is 1. The second-order valence-corrected chi connectivity index (χ2v) is 7.27. The molecule has 6 nitrogen and oxygen atoms in total. The minimum Gasteiger partial charge on any atom is -0.410 e. The Morgan fingerprint density at radius 2 is 2.00 bits per heavy atom. The van der Waals surface area contributed by atoms with Gasteiger partial charge < -0.3 is 14.2 Å². The fourth-order valence-corrected chi connectivity index (χ4v) is 3.98. The third-order valence-corrected chi connectivity index (χ3v) is 5.76. The molecule has 2 fully saturated rings. The second kappa shape index (κ2) is 6.06. The van der Waals surface area contributed by atoms with Crippen LogP contribution in [-0.4, -0.2) is 65.1 Å². The van der Waals surface area contributed by atoms with Gasteiger partial charge in [0.1, 0.15) is 0 Å². The summed E-state index contributed by atoms with van der Waals surface area (Å²) in [6.45, 7) is 2.98. The zero-order chi connectivity index (χ0) is 14.9. The monoisotopic (exact) mass is 309 g/mol. The molecule has 1 aromatic carbocycles. The van der Waals surface area contributed by atoms with E-state index in [1.165, 1.54) is 7.69 Å². The van der Waals surface area contributed by atoms with Gasteiger partial charge in [-0.1, -0.05) is 12.1 Å². The van der Waals surface area contributed by atoms with Gasteiger partial charge in [0, 0.05) is 26.2 Å². The molecule has 0 bridgehead atoms. The molecule has 1 aromatic rings. The minimum atomic E-state index is -3.44. The van der Waals surface area contributed by atoms with Crippen LogP contribution < -0.4 is 0 Å². The van der Waals surface area contributed by atoms with Gasteiger partial charge in [0.25, 0.3) is 0 Å². The summed E-state index contributed by atoms with van der Waals surface area (Å²) in [5.74, 6) is 0. The molecule has 113 valence electrons. The van der Waals surface area contributed by atoms with Crippen LogP contribution in [0.4, 0.5) is 0 Å². The summed E-state index contributed by atoms with van der Waals surface area (Å²) < 4.78 is 37.3. The molecule has 0 amide bonds. The zero-order valence-corrected chi connectivity index (χ0v) is 12.8. The van der Waals surface area contributed by atoms with E-state index < -0.39 is 10.0 Å². The lowest BCUT2D eigenvalue weighted by Crippen LogP contribution is -2.47. The van der Waals surface area contributed by atoms with E-state index >= 15 is 0 Å². The maximum absolute atomic E-state index is 12.7. The van der Waals surface area contributed by atoms with E-state index in [9.17, 15) is 8.42 Å². The highest BCUT2D eigenvalue weighted by atomic mass is 32.2. The first kappa shape index (κ1) is 15.0. The standard InChI is InChI=1S/C13H18BN2O4S/c1-15-5-7-16(8-6-15)21(17,18)12-4-2-3-11(9-12)13-10-19-14-20-13/h2-4,9,13H,5-8,10H2,1H3. The average Bonchev–Trinajstić information content (AvgIpc) is 3.02. The van der Waals surface area contributed by atoms with Crippen molar-refractivity contribution in [3.8, 4) is 0 Å². The smallest absolute Gasteiger partial charge is 0.410 e. The molecule has 0 N–H and O–H groups in total. The first-order valence-electron chi connectivity index (χ1n) is 6.95. The summed E-state index contributed by atoms with van der Waals surface area (Å²) in [4.78, 5) is 2.45. The van der Waals surface area contributed by atoms with E-state index in [2.05, 4.69) is 4.90 Å². The van der Waals surface area contributed by atoms with Crippen LogP contribution in [0.1, 0.15) is 11.7 Å². The van der Waals surface area contributed by atoms with Gasteiger partial charge in [-0.05, 0) is 24.7 Å². The molecule has 3 rings (SSSR count). The van der Waals surface area contributed by atoms with Crippen LogP contribution >= 0.6 is 0 Å². The molecule has 0 spiro atoms. The minimum absolute atomic E-state index is 0.229. The average molecular weight is 309 g/mol. The van der Waals surface area contributed by atoms with Crippen LogP contribution in [0.15, 0.2) is 29.2 Å². The summed E-state index contributed by atoms with van der Waals surface area (Å²) in [6.07, 6.45) is -0.229. The van der Waals surface area contributed by atoms with Crippen molar-refractivity contribution >= 4 is 17.7 Å². The summed E-state index contributed by atoms with van der Waals surface area (Å²) in [5, 5.41) is 0. The van der Waals surface area contributed by atoms with Gasteiger partial charge in [-0.25, -0.2) is 8.42 Å². The highest BCUT2D eigenvalue weighted by molar-refractivity contribution is 7.89. The quantitative estimate of drug-likeness (QED) is 0.749. The van der Waals surface area contributed by atoms with Crippen molar-refractivity contribution in [1.29, 1.82) is 0 Å². The Morgan fingerprint density at radius 1 is 1.24 bits per heavy atom. The molecule has 2 aliphatic rings. The number of nitrogens with zero attached hydrogens (tertiary/aromatic N) is 2. The Labute approximate surface area is 126 Å². The van der Waals surface area contributed by atoms with Gasteiger partial charge in [-0.3, -0.25) is 0 Å². The third-order valence-electron chi connectivity index (χ3n) is 3.87. The number of sulfonamides is 1. The molecule has 0 aliphatic carbocycles. The van der Waals surface area contributed by atoms with Gasteiger partial charge >= 0.3 is 7.69 Å². The van der Waals surface area contributed by atoms with Gasteiger partial charge in [-0.15, -0.1) is 0 Å². The predicted molar refractivity (Wildman–Crippen MR) is 78.2 cm³/mol. The SMILES string of the molecule is CN1CCN(S(=O)(=O)c2cccc(C3CO[B]O3)c2)CC1. The second-order valence-electron chi connectivity index (χ2n) is 5.33.